The number of nitrogens with two attached hydrogens (primary N) is 2. The van der Waals surface area contributed by atoms with Crippen molar-refractivity contribution in [2.24, 2.45) is 17.4 Å². The van der Waals surface area contributed by atoms with Gasteiger partial charge in [0.2, 0.25) is 0 Å². The van der Waals surface area contributed by atoms with Crippen LogP contribution in [-0.4, -0.2) is 11.6 Å². The molecule has 4 N–H and O–H groups in total. The third kappa shape index (κ3) is 3.11. The monoisotopic (exact) mass is 340 g/mol. The van der Waals surface area contributed by atoms with Crippen molar-refractivity contribution in [3.8, 4) is 11.1 Å². The fourth-order valence-corrected chi connectivity index (χ4v) is 4.53. The first kappa shape index (κ1) is 16.1. The minimum atomic E-state index is 0.00611. The zero-order chi connectivity index (χ0) is 16.7. The molecule has 0 spiro atoms. The van der Waals surface area contributed by atoms with Crippen molar-refractivity contribution in [1.29, 1.82) is 0 Å². The smallest absolute Gasteiger partial charge is 0.0412 e. The molecule has 0 heterocycles. The Kier molecular flexibility index (Phi) is 4.16. The van der Waals surface area contributed by atoms with Gasteiger partial charge in [0.1, 0.15) is 0 Å². The minimum absolute atomic E-state index is 0.00611. The van der Waals surface area contributed by atoms with E-state index in [1.807, 2.05) is 18.2 Å². The zero-order valence-electron chi connectivity index (χ0n) is 13.9. The van der Waals surface area contributed by atoms with E-state index in [1.165, 1.54) is 17.5 Å². The third-order valence-corrected chi connectivity index (χ3v) is 6.22. The van der Waals surface area contributed by atoms with E-state index in [4.69, 9.17) is 23.1 Å². The molecular formula is C21H25ClN2. The molecular weight excluding hydrogens is 316 g/mol. The standard InChI is InChI=1S/C21H25ClN2/c22-17-3-1-2-16(12-17)14-4-6-15(7-5-14)19-13-20(19)21(24)10-8-18(23)9-11-21/h1-7,12,18-20H,8-11,13,23-24H2/t18?,19-,20+,21?/m0/s1. The summed E-state index contributed by atoms with van der Waals surface area (Å²) >= 11 is 6.09. The zero-order valence-corrected chi connectivity index (χ0v) is 14.7. The van der Waals surface area contributed by atoms with Crippen LogP contribution in [0.25, 0.3) is 11.1 Å². The van der Waals surface area contributed by atoms with Gasteiger partial charge in [-0.1, -0.05) is 48.0 Å². The summed E-state index contributed by atoms with van der Waals surface area (Å²) in [5.74, 6) is 1.25. The lowest BCUT2D eigenvalue weighted by atomic mass is 9.76. The second-order valence-electron chi connectivity index (χ2n) is 7.65. The Morgan fingerprint density at radius 2 is 1.67 bits per heavy atom. The average molecular weight is 341 g/mol. The molecule has 0 bridgehead atoms. The molecule has 2 aliphatic carbocycles. The van der Waals surface area contributed by atoms with E-state index in [9.17, 15) is 0 Å². The molecule has 0 aromatic heterocycles. The SMILES string of the molecule is NC1CCC(N)([C@@H]2C[C@H]2c2ccc(-c3cccc(Cl)c3)cc2)CC1. The van der Waals surface area contributed by atoms with Crippen molar-refractivity contribution < 1.29 is 0 Å². The van der Waals surface area contributed by atoms with E-state index in [0.29, 0.717) is 17.9 Å². The summed E-state index contributed by atoms with van der Waals surface area (Å²) < 4.78 is 0. The van der Waals surface area contributed by atoms with Crippen LogP contribution in [0.1, 0.15) is 43.6 Å². The van der Waals surface area contributed by atoms with Crippen LogP contribution in [0.2, 0.25) is 5.02 Å². The van der Waals surface area contributed by atoms with Gasteiger partial charge in [0.25, 0.3) is 0 Å². The number of halogens is 1. The maximum atomic E-state index is 6.72. The molecule has 2 atom stereocenters. The summed E-state index contributed by atoms with van der Waals surface area (Å²) in [5, 5.41) is 0.777. The second kappa shape index (κ2) is 6.18. The quantitative estimate of drug-likeness (QED) is 0.850. The number of hydrogen-bond acceptors (Lipinski definition) is 2. The highest BCUT2D eigenvalue weighted by molar-refractivity contribution is 6.30. The molecule has 2 aromatic rings. The maximum absolute atomic E-state index is 6.72. The van der Waals surface area contributed by atoms with Crippen LogP contribution in [0.15, 0.2) is 48.5 Å². The molecule has 0 aliphatic heterocycles. The van der Waals surface area contributed by atoms with Gasteiger partial charge in [-0.2, -0.15) is 0 Å². The highest BCUT2D eigenvalue weighted by Gasteiger charge is 2.51. The van der Waals surface area contributed by atoms with Crippen LogP contribution in [0.4, 0.5) is 0 Å². The summed E-state index contributed by atoms with van der Waals surface area (Å²) in [6.07, 6.45) is 5.54. The van der Waals surface area contributed by atoms with Gasteiger partial charge in [0.05, 0.1) is 0 Å². The normalized spacial score (nSPS) is 32.5. The Labute approximate surface area is 149 Å². The Morgan fingerprint density at radius 3 is 2.33 bits per heavy atom. The highest BCUT2D eigenvalue weighted by Crippen LogP contribution is 2.56. The van der Waals surface area contributed by atoms with Gasteiger partial charge in [-0.15, -0.1) is 0 Å². The van der Waals surface area contributed by atoms with Gasteiger partial charge in [-0.3, -0.25) is 0 Å². The summed E-state index contributed by atoms with van der Waals surface area (Å²) in [6, 6.07) is 17.3. The van der Waals surface area contributed by atoms with Gasteiger partial charge in [-0.25, -0.2) is 0 Å². The predicted octanol–water partition coefficient (Wildman–Crippen LogP) is 4.71. The molecule has 2 aromatic carbocycles. The molecule has 2 saturated carbocycles. The largest absolute Gasteiger partial charge is 0.328 e. The van der Waals surface area contributed by atoms with Gasteiger partial charge in [-0.05, 0) is 72.8 Å². The van der Waals surface area contributed by atoms with Crippen LogP contribution in [-0.2, 0) is 0 Å². The van der Waals surface area contributed by atoms with Crippen LogP contribution in [0.3, 0.4) is 0 Å². The molecule has 2 aliphatic rings. The van der Waals surface area contributed by atoms with Crippen LogP contribution >= 0.6 is 11.6 Å². The molecule has 0 saturated heterocycles. The summed E-state index contributed by atoms with van der Waals surface area (Å²) in [5.41, 5.74) is 16.6. The van der Waals surface area contributed by atoms with Crippen molar-refractivity contribution >= 4 is 11.6 Å². The van der Waals surface area contributed by atoms with Crippen LogP contribution in [0.5, 0.6) is 0 Å². The lowest BCUT2D eigenvalue weighted by Gasteiger charge is -2.36. The van der Waals surface area contributed by atoms with E-state index >= 15 is 0 Å². The Bertz CT molecular complexity index is 717. The molecule has 3 heteroatoms. The van der Waals surface area contributed by atoms with Crippen LogP contribution in [0, 0.1) is 5.92 Å². The molecule has 126 valence electrons. The molecule has 0 amide bonds. The summed E-state index contributed by atoms with van der Waals surface area (Å²) in [6.45, 7) is 0. The van der Waals surface area contributed by atoms with E-state index in [-0.39, 0.29) is 5.54 Å². The second-order valence-corrected chi connectivity index (χ2v) is 8.09. The van der Waals surface area contributed by atoms with Crippen molar-refractivity contribution in [3.05, 3.63) is 59.1 Å². The van der Waals surface area contributed by atoms with Gasteiger partial charge in [0.15, 0.2) is 0 Å². The Balaban J connectivity index is 1.47. The highest BCUT2D eigenvalue weighted by atomic mass is 35.5. The lowest BCUT2D eigenvalue weighted by molar-refractivity contribution is 0.239. The Hall–Kier alpha value is -1.35. The first-order valence-electron chi connectivity index (χ1n) is 8.95. The van der Waals surface area contributed by atoms with E-state index < -0.39 is 0 Å². The lowest BCUT2D eigenvalue weighted by Crippen LogP contribution is -2.48. The maximum Gasteiger partial charge on any atom is 0.0412 e. The first-order chi connectivity index (χ1) is 11.5. The van der Waals surface area contributed by atoms with E-state index in [2.05, 4.69) is 30.3 Å². The summed E-state index contributed by atoms with van der Waals surface area (Å²) in [4.78, 5) is 0. The van der Waals surface area contributed by atoms with Crippen molar-refractivity contribution in [2.45, 2.75) is 49.6 Å². The minimum Gasteiger partial charge on any atom is -0.328 e. The van der Waals surface area contributed by atoms with E-state index in [1.54, 1.807) is 0 Å². The van der Waals surface area contributed by atoms with Crippen molar-refractivity contribution in [1.82, 2.24) is 0 Å². The average Bonchev–Trinajstić information content (AvgIpc) is 3.39. The van der Waals surface area contributed by atoms with E-state index in [0.717, 1.165) is 36.3 Å². The molecule has 4 rings (SSSR count). The third-order valence-electron chi connectivity index (χ3n) is 5.99. The van der Waals surface area contributed by atoms with Crippen molar-refractivity contribution in [3.63, 3.8) is 0 Å². The number of benzene rings is 2. The predicted molar refractivity (Wildman–Crippen MR) is 101 cm³/mol. The number of rotatable bonds is 3. The molecule has 0 radical (unpaired) electrons. The van der Waals surface area contributed by atoms with Crippen LogP contribution < -0.4 is 11.5 Å². The molecule has 24 heavy (non-hydrogen) atoms. The Morgan fingerprint density at radius 1 is 0.958 bits per heavy atom. The summed E-state index contributed by atoms with van der Waals surface area (Å²) in [7, 11) is 0. The first-order valence-corrected chi connectivity index (χ1v) is 9.33. The molecule has 0 unspecified atom stereocenters. The fraction of sp³-hybridized carbons (Fsp3) is 0.429. The fourth-order valence-electron chi connectivity index (χ4n) is 4.34. The van der Waals surface area contributed by atoms with Gasteiger partial charge in [0, 0.05) is 16.6 Å². The van der Waals surface area contributed by atoms with Gasteiger partial charge >= 0.3 is 0 Å². The number of hydrogen-bond donors (Lipinski definition) is 2. The van der Waals surface area contributed by atoms with Gasteiger partial charge < -0.3 is 11.5 Å². The topological polar surface area (TPSA) is 52.0 Å². The molecule has 2 fully saturated rings. The molecule has 2 nitrogen and oxygen atoms in total. The van der Waals surface area contributed by atoms with Crippen molar-refractivity contribution in [2.75, 3.05) is 0 Å².